The number of furan rings is 3. The van der Waals surface area contributed by atoms with Crippen LogP contribution in [0, 0.1) is 0 Å². The van der Waals surface area contributed by atoms with Gasteiger partial charge in [0.1, 0.15) is 33.5 Å². The highest BCUT2D eigenvalue weighted by atomic mass is 32.1. The van der Waals surface area contributed by atoms with Gasteiger partial charge in [-0.1, -0.05) is 103 Å². The van der Waals surface area contributed by atoms with Crippen molar-refractivity contribution < 1.29 is 13.3 Å². The Labute approximate surface area is 415 Å². The lowest BCUT2D eigenvalue weighted by atomic mass is 10.0. The second kappa shape index (κ2) is 15.1. The Hall–Kier alpha value is -9.36. The normalized spacial score (nSPS) is 12.2. The van der Waals surface area contributed by atoms with Gasteiger partial charge in [-0.25, -0.2) is 0 Å². The molecule has 5 nitrogen and oxygen atoms in total. The highest BCUT2D eigenvalue weighted by molar-refractivity contribution is 7.26. The molecule has 0 unspecified atom stereocenters. The van der Waals surface area contributed by atoms with Crippen molar-refractivity contribution in [3.05, 3.63) is 231 Å². The Morgan fingerprint density at radius 2 is 0.653 bits per heavy atom. The van der Waals surface area contributed by atoms with Gasteiger partial charge < -0.3 is 23.1 Å². The summed E-state index contributed by atoms with van der Waals surface area (Å²) < 4.78 is 22.6. The first-order chi connectivity index (χ1) is 35.6. The van der Waals surface area contributed by atoms with Crippen LogP contribution in [0.25, 0.3) is 118 Å². The van der Waals surface area contributed by atoms with Crippen molar-refractivity contribution in [2.24, 2.45) is 0 Å². The van der Waals surface area contributed by atoms with E-state index in [4.69, 9.17) is 13.3 Å². The predicted molar refractivity (Wildman–Crippen MR) is 303 cm³/mol. The van der Waals surface area contributed by atoms with Crippen molar-refractivity contribution in [3.8, 4) is 0 Å². The molecular weight excluding hydrogens is 901 g/mol. The van der Waals surface area contributed by atoms with Crippen LogP contribution in [0.5, 0.6) is 0 Å². The van der Waals surface area contributed by atoms with Gasteiger partial charge in [0, 0.05) is 116 Å². The minimum Gasteiger partial charge on any atom is -0.456 e. The van der Waals surface area contributed by atoms with Gasteiger partial charge in [0.05, 0.1) is 0 Å². The maximum Gasteiger partial charge on any atom is 0.143 e. The number of hydrogen-bond donors (Lipinski definition) is 0. The Kier molecular flexibility index (Phi) is 8.26. The van der Waals surface area contributed by atoms with Crippen LogP contribution < -0.4 is 9.80 Å². The first-order valence-corrected chi connectivity index (χ1v) is 25.1. The zero-order valence-corrected chi connectivity index (χ0v) is 39.3. The van der Waals surface area contributed by atoms with Gasteiger partial charge in [0.15, 0.2) is 0 Å². The first-order valence-electron chi connectivity index (χ1n) is 24.3. The number of rotatable bonds is 6. The number of nitrogens with zero attached hydrogens (tertiary/aromatic N) is 2. The minimum atomic E-state index is 0.839. The monoisotopic (exact) mass is 938 g/mol. The number of thiophene rings is 1. The summed E-state index contributed by atoms with van der Waals surface area (Å²) in [6.07, 6.45) is 0. The smallest absolute Gasteiger partial charge is 0.143 e. The summed E-state index contributed by atoms with van der Waals surface area (Å²) in [5, 5.41) is 16.0. The fourth-order valence-corrected chi connectivity index (χ4v) is 12.5. The van der Waals surface area contributed by atoms with Crippen LogP contribution in [0.2, 0.25) is 0 Å². The molecule has 0 spiro atoms. The predicted octanol–water partition coefficient (Wildman–Crippen LogP) is 20.2. The van der Waals surface area contributed by atoms with Gasteiger partial charge in [-0.05, 0) is 131 Å². The summed E-state index contributed by atoms with van der Waals surface area (Å²) in [4.78, 5) is 4.61. The average molecular weight is 939 g/mol. The number of hydrogen-bond acceptors (Lipinski definition) is 6. The third-order valence-corrected chi connectivity index (χ3v) is 15.9. The highest BCUT2D eigenvalue weighted by Gasteiger charge is 2.21. The van der Waals surface area contributed by atoms with Crippen molar-refractivity contribution >= 4 is 164 Å². The lowest BCUT2D eigenvalue weighted by Gasteiger charge is -2.25. The van der Waals surface area contributed by atoms with Crippen molar-refractivity contribution in [2.75, 3.05) is 9.80 Å². The molecule has 0 N–H and O–H groups in total. The number of para-hydroxylation sites is 2. The Bertz CT molecular complexity index is 4580. The Morgan fingerprint density at radius 3 is 1.22 bits per heavy atom. The van der Waals surface area contributed by atoms with Crippen molar-refractivity contribution in [1.82, 2.24) is 0 Å². The van der Waals surface area contributed by atoms with E-state index in [-0.39, 0.29) is 0 Å². The van der Waals surface area contributed by atoms with Gasteiger partial charge in [-0.2, -0.15) is 0 Å². The summed E-state index contributed by atoms with van der Waals surface area (Å²) in [6, 6.07) is 82.4. The Morgan fingerprint density at radius 1 is 0.236 bits per heavy atom. The molecule has 4 heterocycles. The molecule has 12 aromatic carbocycles. The highest BCUT2D eigenvalue weighted by Crippen LogP contribution is 2.46. The zero-order valence-electron chi connectivity index (χ0n) is 38.5. The van der Waals surface area contributed by atoms with Gasteiger partial charge in [-0.15, -0.1) is 11.3 Å². The van der Waals surface area contributed by atoms with Gasteiger partial charge >= 0.3 is 0 Å². The topological polar surface area (TPSA) is 45.9 Å². The van der Waals surface area contributed by atoms with Gasteiger partial charge in [-0.3, -0.25) is 0 Å². The Balaban J connectivity index is 0.780. The molecule has 0 radical (unpaired) electrons. The maximum atomic E-state index is 6.79. The maximum absolute atomic E-state index is 6.79. The molecule has 0 atom stereocenters. The average Bonchev–Trinajstić information content (AvgIpc) is 4.20. The molecule has 16 aromatic rings. The van der Waals surface area contributed by atoms with Crippen LogP contribution in [-0.2, 0) is 0 Å². The van der Waals surface area contributed by atoms with Gasteiger partial charge in [0.25, 0.3) is 0 Å². The zero-order chi connectivity index (χ0) is 47.0. The molecule has 0 aliphatic carbocycles. The van der Waals surface area contributed by atoms with E-state index < -0.39 is 0 Å². The second-order valence-corrected chi connectivity index (χ2v) is 19.9. The van der Waals surface area contributed by atoms with Crippen LogP contribution in [0.1, 0.15) is 0 Å². The van der Waals surface area contributed by atoms with E-state index in [1.807, 2.05) is 11.3 Å². The summed E-state index contributed by atoms with van der Waals surface area (Å²) in [5.41, 5.74) is 11.5. The molecule has 0 bridgehead atoms. The summed E-state index contributed by atoms with van der Waals surface area (Å²) >= 11 is 1.84. The summed E-state index contributed by atoms with van der Waals surface area (Å²) in [6.45, 7) is 0. The lowest BCUT2D eigenvalue weighted by Crippen LogP contribution is -2.09. The molecule has 0 fully saturated rings. The third kappa shape index (κ3) is 5.93. The van der Waals surface area contributed by atoms with Crippen molar-refractivity contribution in [2.45, 2.75) is 0 Å². The van der Waals surface area contributed by atoms with Crippen molar-refractivity contribution in [3.63, 3.8) is 0 Å². The SMILES string of the molecule is c1ccc(N(c2ccc3c(c2)oc2cc4cc5c(cc4cc23)sc2cc(N(c3ccccc3)c3ccc4c(c3)oc3c6ccccc6ccc43)ccc25)c2ccc3c(c2)oc2c4ccccc4ccc32)cc1. The van der Waals surface area contributed by atoms with E-state index in [9.17, 15) is 0 Å². The molecule has 72 heavy (non-hydrogen) atoms. The fraction of sp³-hybridized carbons (Fsp3) is 0. The summed E-state index contributed by atoms with van der Waals surface area (Å²) in [5.74, 6) is 0. The van der Waals surface area contributed by atoms with Gasteiger partial charge in [0.2, 0.25) is 0 Å². The van der Waals surface area contributed by atoms with E-state index in [2.05, 4.69) is 240 Å². The molecule has 6 heteroatoms. The molecule has 0 saturated carbocycles. The first kappa shape index (κ1) is 39.5. The van der Waals surface area contributed by atoms with E-state index in [1.165, 1.54) is 36.3 Å². The number of fused-ring (bicyclic) bond motifs is 17. The van der Waals surface area contributed by atoms with Crippen LogP contribution in [0.3, 0.4) is 0 Å². The summed E-state index contributed by atoms with van der Waals surface area (Å²) in [7, 11) is 0. The van der Waals surface area contributed by atoms with Crippen LogP contribution in [-0.4, -0.2) is 0 Å². The molecule has 0 aliphatic heterocycles. The molecule has 16 rings (SSSR count). The van der Waals surface area contributed by atoms with E-state index >= 15 is 0 Å². The third-order valence-electron chi connectivity index (χ3n) is 14.7. The lowest BCUT2D eigenvalue weighted by molar-refractivity contribution is 0.669. The second-order valence-electron chi connectivity index (χ2n) is 18.8. The quantitative estimate of drug-likeness (QED) is 0.166. The van der Waals surface area contributed by atoms with Crippen LogP contribution >= 0.6 is 11.3 Å². The van der Waals surface area contributed by atoms with Crippen molar-refractivity contribution in [1.29, 1.82) is 0 Å². The van der Waals surface area contributed by atoms with E-state index in [1.54, 1.807) is 0 Å². The standard InChI is InChI=1S/C66H38N2O3S/c1-3-13-43(14-4-1)67(46-21-27-51-55-25-19-39-11-7-9-17-49(39)65(55)70-61(51)36-46)45-23-29-53-57-31-42-34-63-58(32-41(42)33-59(57)69-60(53)35-45)54-30-24-48(38-64(54)72-63)68(44-15-5-2-6-16-44)47-22-28-52-56-26-20-40-12-8-10-18-50(40)66(56)71-62(52)37-47/h1-38H. The molecule has 336 valence electrons. The largest absolute Gasteiger partial charge is 0.456 e. The number of anilines is 6. The van der Waals surface area contributed by atoms with E-state index in [0.29, 0.717) is 0 Å². The van der Waals surface area contributed by atoms with Crippen LogP contribution in [0.15, 0.2) is 244 Å². The fourth-order valence-electron chi connectivity index (χ4n) is 11.4. The van der Waals surface area contributed by atoms with E-state index in [0.717, 1.165) is 116 Å². The molecule has 4 aromatic heterocycles. The minimum absolute atomic E-state index is 0.839. The molecule has 0 saturated heterocycles. The molecule has 0 amide bonds. The van der Waals surface area contributed by atoms with Crippen LogP contribution in [0.4, 0.5) is 34.1 Å². The number of benzene rings is 12. The molecular formula is C66H38N2O3S. The molecule has 0 aliphatic rings.